The summed E-state index contributed by atoms with van der Waals surface area (Å²) < 4.78 is 37.3. The van der Waals surface area contributed by atoms with Crippen LogP contribution in [0, 0.1) is 0 Å². The lowest BCUT2D eigenvalue weighted by atomic mass is 10.2. The van der Waals surface area contributed by atoms with E-state index < -0.39 is 11.7 Å². The van der Waals surface area contributed by atoms with Gasteiger partial charge in [0.1, 0.15) is 0 Å². The Balaban J connectivity index is 2.49. The van der Waals surface area contributed by atoms with Gasteiger partial charge in [0.25, 0.3) is 0 Å². The molecule has 1 N–H and O–H groups in total. The van der Waals surface area contributed by atoms with Crippen LogP contribution in [0.25, 0.3) is 0 Å². The Bertz CT molecular complexity index is 348. The standard InChI is InChI=1S/C12H17F3N2/c1-17(2)8-4-7-16-11-6-3-5-10(9-11)12(13,14)15/h3,5-6,9,16H,4,7-8H2,1-2H3. The third-order valence-electron chi connectivity index (χ3n) is 2.30. The van der Waals surface area contributed by atoms with Crippen molar-refractivity contribution in [1.29, 1.82) is 0 Å². The van der Waals surface area contributed by atoms with E-state index >= 15 is 0 Å². The zero-order valence-electron chi connectivity index (χ0n) is 10.0. The molecule has 1 rings (SSSR count). The average Bonchev–Trinajstić information content (AvgIpc) is 2.23. The van der Waals surface area contributed by atoms with Gasteiger partial charge in [-0.25, -0.2) is 0 Å². The van der Waals surface area contributed by atoms with Crippen LogP contribution in [0.4, 0.5) is 18.9 Å². The minimum atomic E-state index is -4.28. The predicted octanol–water partition coefficient (Wildman–Crippen LogP) is 3.07. The zero-order valence-corrected chi connectivity index (χ0v) is 10.0. The van der Waals surface area contributed by atoms with Crippen LogP contribution in [0.2, 0.25) is 0 Å². The van der Waals surface area contributed by atoms with Crippen molar-refractivity contribution in [2.24, 2.45) is 0 Å². The van der Waals surface area contributed by atoms with Crippen LogP contribution in [0.1, 0.15) is 12.0 Å². The monoisotopic (exact) mass is 246 g/mol. The molecule has 0 aliphatic rings. The molecule has 0 atom stereocenters. The highest BCUT2D eigenvalue weighted by atomic mass is 19.4. The largest absolute Gasteiger partial charge is 0.416 e. The van der Waals surface area contributed by atoms with Crippen LogP contribution in [0.3, 0.4) is 0 Å². The van der Waals surface area contributed by atoms with Gasteiger partial charge in [-0.2, -0.15) is 13.2 Å². The van der Waals surface area contributed by atoms with Crippen molar-refractivity contribution in [3.8, 4) is 0 Å². The van der Waals surface area contributed by atoms with E-state index in [1.807, 2.05) is 19.0 Å². The van der Waals surface area contributed by atoms with Crippen molar-refractivity contribution >= 4 is 5.69 Å². The predicted molar refractivity (Wildman–Crippen MR) is 63.1 cm³/mol. The van der Waals surface area contributed by atoms with Gasteiger partial charge in [0.05, 0.1) is 5.56 Å². The van der Waals surface area contributed by atoms with Crippen LogP contribution >= 0.6 is 0 Å². The molecule has 0 saturated carbocycles. The minimum Gasteiger partial charge on any atom is -0.385 e. The first-order chi connectivity index (χ1) is 7.89. The number of rotatable bonds is 5. The fraction of sp³-hybridized carbons (Fsp3) is 0.500. The zero-order chi connectivity index (χ0) is 12.9. The summed E-state index contributed by atoms with van der Waals surface area (Å²) >= 11 is 0. The van der Waals surface area contributed by atoms with Gasteiger partial charge >= 0.3 is 6.18 Å². The molecule has 1 aromatic rings. The minimum absolute atomic E-state index is 0.513. The van der Waals surface area contributed by atoms with Gasteiger partial charge in [0.2, 0.25) is 0 Å². The molecule has 0 bridgehead atoms. The Morgan fingerprint density at radius 1 is 1.24 bits per heavy atom. The molecule has 5 heteroatoms. The van der Waals surface area contributed by atoms with E-state index in [4.69, 9.17) is 0 Å². The van der Waals surface area contributed by atoms with Gasteiger partial charge in [-0.05, 0) is 45.3 Å². The molecule has 0 saturated heterocycles. The fourth-order valence-corrected chi connectivity index (χ4v) is 1.43. The molecule has 0 fully saturated rings. The van der Waals surface area contributed by atoms with Crippen LogP contribution < -0.4 is 5.32 Å². The van der Waals surface area contributed by atoms with Crippen molar-refractivity contribution < 1.29 is 13.2 Å². The molecule has 2 nitrogen and oxygen atoms in total. The van der Waals surface area contributed by atoms with E-state index in [1.54, 1.807) is 6.07 Å². The molecule has 1 aromatic carbocycles. The summed E-state index contributed by atoms with van der Waals surface area (Å²) in [6.07, 6.45) is -3.38. The number of alkyl halides is 3. The molecule has 0 aliphatic heterocycles. The van der Waals surface area contributed by atoms with Crippen molar-refractivity contribution in [1.82, 2.24) is 4.90 Å². The molecule has 0 unspecified atom stereocenters. The van der Waals surface area contributed by atoms with Crippen LogP contribution in [0.5, 0.6) is 0 Å². The van der Waals surface area contributed by atoms with E-state index in [2.05, 4.69) is 5.32 Å². The van der Waals surface area contributed by atoms with E-state index in [0.717, 1.165) is 25.1 Å². The van der Waals surface area contributed by atoms with Gasteiger partial charge < -0.3 is 10.2 Å². The summed E-state index contributed by atoms with van der Waals surface area (Å²) in [5.41, 5.74) is -0.103. The normalized spacial score (nSPS) is 11.9. The second-order valence-electron chi connectivity index (χ2n) is 4.16. The molecular formula is C12H17F3N2. The lowest BCUT2D eigenvalue weighted by Crippen LogP contribution is -2.16. The number of halogens is 3. The SMILES string of the molecule is CN(C)CCCNc1cccc(C(F)(F)F)c1. The number of benzene rings is 1. The van der Waals surface area contributed by atoms with Gasteiger partial charge in [-0.1, -0.05) is 6.07 Å². The number of anilines is 1. The third kappa shape index (κ3) is 5.08. The highest BCUT2D eigenvalue weighted by Crippen LogP contribution is 2.30. The lowest BCUT2D eigenvalue weighted by molar-refractivity contribution is -0.137. The lowest BCUT2D eigenvalue weighted by Gasteiger charge is -2.12. The topological polar surface area (TPSA) is 15.3 Å². The summed E-state index contributed by atoms with van der Waals surface area (Å²) in [4.78, 5) is 2.04. The molecule has 0 aromatic heterocycles. The van der Waals surface area contributed by atoms with Crippen LogP contribution in [-0.2, 0) is 6.18 Å². The third-order valence-corrected chi connectivity index (χ3v) is 2.30. The molecule has 0 aliphatic carbocycles. The Morgan fingerprint density at radius 2 is 1.94 bits per heavy atom. The number of hydrogen-bond donors (Lipinski definition) is 1. The summed E-state index contributed by atoms with van der Waals surface area (Å²) in [5.74, 6) is 0. The summed E-state index contributed by atoms with van der Waals surface area (Å²) in [6.45, 7) is 1.57. The quantitative estimate of drug-likeness (QED) is 0.803. The first-order valence-corrected chi connectivity index (χ1v) is 5.45. The van der Waals surface area contributed by atoms with Crippen molar-refractivity contribution in [2.75, 3.05) is 32.5 Å². The maximum absolute atomic E-state index is 12.4. The van der Waals surface area contributed by atoms with Crippen LogP contribution in [0.15, 0.2) is 24.3 Å². The van der Waals surface area contributed by atoms with E-state index in [-0.39, 0.29) is 0 Å². The first-order valence-electron chi connectivity index (χ1n) is 5.45. The molecule has 0 heterocycles. The molecule has 0 spiro atoms. The molecule has 96 valence electrons. The molecule has 0 amide bonds. The molecule has 17 heavy (non-hydrogen) atoms. The second kappa shape index (κ2) is 5.91. The number of nitrogens with zero attached hydrogens (tertiary/aromatic N) is 1. The number of hydrogen-bond acceptors (Lipinski definition) is 2. The number of nitrogens with one attached hydrogen (secondary N) is 1. The van der Waals surface area contributed by atoms with Gasteiger partial charge in [-0.15, -0.1) is 0 Å². The van der Waals surface area contributed by atoms with E-state index in [0.29, 0.717) is 12.2 Å². The summed E-state index contributed by atoms with van der Waals surface area (Å²) in [6, 6.07) is 5.27. The Labute approximate surface area is 99.4 Å². The van der Waals surface area contributed by atoms with Crippen molar-refractivity contribution in [3.63, 3.8) is 0 Å². The van der Waals surface area contributed by atoms with E-state index in [1.165, 1.54) is 6.07 Å². The van der Waals surface area contributed by atoms with Gasteiger partial charge in [-0.3, -0.25) is 0 Å². The molecular weight excluding hydrogens is 229 g/mol. The maximum Gasteiger partial charge on any atom is 0.416 e. The smallest absolute Gasteiger partial charge is 0.385 e. The Hall–Kier alpha value is -1.23. The molecule has 0 radical (unpaired) electrons. The van der Waals surface area contributed by atoms with E-state index in [9.17, 15) is 13.2 Å². The Kier molecular flexibility index (Phi) is 4.81. The summed E-state index contributed by atoms with van der Waals surface area (Å²) in [7, 11) is 3.93. The van der Waals surface area contributed by atoms with Crippen LogP contribution in [-0.4, -0.2) is 32.1 Å². The van der Waals surface area contributed by atoms with Crippen molar-refractivity contribution in [3.05, 3.63) is 29.8 Å². The maximum atomic E-state index is 12.4. The summed E-state index contributed by atoms with van der Waals surface area (Å²) in [5, 5.41) is 2.99. The average molecular weight is 246 g/mol. The first kappa shape index (κ1) is 13.8. The second-order valence-corrected chi connectivity index (χ2v) is 4.16. The highest BCUT2D eigenvalue weighted by molar-refractivity contribution is 5.46. The Morgan fingerprint density at radius 3 is 2.53 bits per heavy atom. The van der Waals surface area contributed by atoms with Gasteiger partial charge in [0, 0.05) is 12.2 Å². The fourth-order valence-electron chi connectivity index (χ4n) is 1.43. The van der Waals surface area contributed by atoms with Gasteiger partial charge in [0.15, 0.2) is 0 Å². The van der Waals surface area contributed by atoms with Crippen molar-refractivity contribution in [2.45, 2.75) is 12.6 Å². The highest BCUT2D eigenvalue weighted by Gasteiger charge is 2.30.